The molecule has 0 spiro atoms. The molecule has 4 nitrogen and oxygen atoms in total. The van der Waals surface area contributed by atoms with Crippen molar-refractivity contribution >= 4 is 10.0 Å². The van der Waals surface area contributed by atoms with E-state index in [4.69, 9.17) is 4.74 Å². The first-order valence-electron chi connectivity index (χ1n) is 8.64. The van der Waals surface area contributed by atoms with E-state index in [0.29, 0.717) is 12.5 Å². The summed E-state index contributed by atoms with van der Waals surface area (Å²) < 4.78 is 32.5. The number of rotatable bonds is 7. The first kappa shape index (κ1) is 18.3. The fourth-order valence-electron chi connectivity index (χ4n) is 3.04. The Balaban J connectivity index is 1.98. The molecule has 23 heavy (non-hydrogen) atoms. The van der Waals surface area contributed by atoms with Gasteiger partial charge in [-0.3, -0.25) is 0 Å². The third-order valence-electron chi connectivity index (χ3n) is 4.61. The Morgan fingerprint density at radius 3 is 2.70 bits per heavy atom. The molecule has 0 heterocycles. The Morgan fingerprint density at radius 2 is 2.00 bits per heavy atom. The van der Waals surface area contributed by atoms with Crippen LogP contribution in [-0.2, 0) is 10.0 Å². The largest absolute Gasteiger partial charge is 0.493 e. The summed E-state index contributed by atoms with van der Waals surface area (Å²) in [6.45, 7) is 6.57. The third kappa shape index (κ3) is 5.50. The Hall–Kier alpha value is -1.07. The normalized spacial score (nSPS) is 22.3. The van der Waals surface area contributed by atoms with Gasteiger partial charge < -0.3 is 4.74 Å². The molecule has 0 aromatic heterocycles. The van der Waals surface area contributed by atoms with Crippen LogP contribution in [0.1, 0.15) is 57.9 Å². The second-order valence-corrected chi connectivity index (χ2v) is 8.75. The van der Waals surface area contributed by atoms with E-state index in [9.17, 15) is 8.42 Å². The fraction of sp³-hybridized carbons (Fsp3) is 0.667. The van der Waals surface area contributed by atoms with Gasteiger partial charge in [0.05, 0.1) is 12.4 Å². The molecule has 1 aromatic carbocycles. The Morgan fingerprint density at radius 1 is 1.26 bits per heavy atom. The SMILES string of the molecule is CCS(=O)(=O)N[C@H]1CCCC[C@@H]1COc1cccc(C(C)C)c1. The topological polar surface area (TPSA) is 55.4 Å². The molecular weight excluding hydrogens is 310 g/mol. The Labute approximate surface area is 140 Å². The first-order valence-corrected chi connectivity index (χ1v) is 10.3. The molecule has 1 aromatic rings. The molecule has 0 amide bonds. The molecule has 0 aliphatic heterocycles. The predicted molar refractivity (Wildman–Crippen MR) is 94.4 cm³/mol. The van der Waals surface area contributed by atoms with Gasteiger partial charge in [-0.2, -0.15) is 0 Å². The minimum absolute atomic E-state index is 0.00183. The summed E-state index contributed by atoms with van der Waals surface area (Å²) >= 11 is 0. The van der Waals surface area contributed by atoms with Crippen LogP contribution in [0.4, 0.5) is 0 Å². The van der Waals surface area contributed by atoms with Gasteiger partial charge in [-0.05, 0) is 43.4 Å². The summed E-state index contributed by atoms with van der Waals surface area (Å²) in [5.74, 6) is 1.72. The average Bonchev–Trinajstić information content (AvgIpc) is 2.54. The minimum atomic E-state index is -3.16. The molecule has 0 bridgehead atoms. The number of sulfonamides is 1. The van der Waals surface area contributed by atoms with Gasteiger partial charge in [0, 0.05) is 12.0 Å². The van der Waals surface area contributed by atoms with E-state index in [0.717, 1.165) is 31.4 Å². The smallest absolute Gasteiger partial charge is 0.211 e. The third-order valence-corrected chi connectivity index (χ3v) is 6.03. The molecule has 1 N–H and O–H groups in total. The van der Waals surface area contributed by atoms with Gasteiger partial charge in [0.25, 0.3) is 0 Å². The Kier molecular flexibility index (Phi) is 6.48. The van der Waals surface area contributed by atoms with Gasteiger partial charge in [-0.25, -0.2) is 13.1 Å². The second-order valence-electron chi connectivity index (χ2n) is 6.71. The molecule has 0 radical (unpaired) electrons. The molecule has 0 saturated heterocycles. The van der Waals surface area contributed by atoms with E-state index in [1.165, 1.54) is 5.56 Å². The van der Waals surface area contributed by atoms with E-state index >= 15 is 0 Å². The molecule has 1 aliphatic rings. The maximum absolute atomic E-state index is 11.9. The highest BCUT2D eigenvalue weighted by molar-refractivity contribution is 7.89. The number of benzene rings is 1. The number of ether oxygens (including phenoxy) is 1. The van der Waals surface area contributed by atoms with Gasteiger partial charge in [-0.15, -0.1) is 0 Å². The zero-order chi connectivity index (χ0) is 16.9. The van der Waals surface area contributed by atoms with Crippen LogP contribution in [0.25, 0.3) is 0 Å². The number of hydrogen-bond donors (Lipinski definition) is 1. The number of hydrogen-bond acceptors (Lipinski definition) is 3. The molecule has 2 rings (SSSR count). The molecule has 1 saturated carbocycles. The van der Waals surface area contributed by atoms with Crippen LogP contribution >= 0.6 is 0 Å². The average molecular weight is 340 g/mol. The first-order chi connectivity index (χ1) is 10.9. The zero-order valence-corrected chi connectivity index (χ0v) is 15.2. The maximum atomic E-state index is 11.9. The highest BCUT2D eigenvalue weighted by Gasteiger charge is 2.28. The summed E-state index contributed by atoms with van der Waals surface area (Å²) in [6, 6.07) is 8.18. The van der Waals surface area contributed by atoms with E-state index in [1.807, 2.05) is 12.1 Å². The van der Waals surface area contributed by atoms with Crippen molar-refractivity contribution in [3.63, 3.8) is 0 Å². The lowest BCUT2D eigenvalue weighted by molar-refractivity contribution is 0.180. The van der Waals surface area contributed by atoms with Crippen LogP contribution in [-0.4, -0.2) is 26.8 Å². The lowest BCUT2D eigenvalue weighted by Gasteiger charge is -2.31. The van der Waals surface area contributed by atoms with E-state index in [-0.39, 0.29) is 17.7 Å². The fourth-order valence-corrected chi connectivity index (χ4v) is 3.98. The van der Waals surface area contributed by atoms with Crippen molar-refractivity contribution in [1.82, 2.24) is 4.72 Å². The van der Waals surface area contributed by atoms with Crippen molar-refractivity contribution in [2.24, 2.45) is 5.92 Å². The highest BCUT2D eigenvalue weighted by Crippen LogP contribution is 2.27. The van der Waals surface area contributed by atoms with Crippen LogP contribution in [0.5, 0.6) is 5.75 Å². The second kappa shape index (κ2) is 8.15. The maximum Gasteiger partial charge on any atom is 0.211 e. The van der Waals surface area contributed by atoms with Crippen molar-refractivity contribution < 1.29 is 13.2 Å². The molecule has 0 unspecified atom stereocenters. The molecule has 1 fully saturated rings. The quantitative estimate of drug-likeness (QED) is 0.824. The molecule has 5 heteroatoms. The zero-order valence-electron chi connectivity index (χ0n) is 14.4. The van der Waals surface area contributed by atoms with Crippen molar-refractivity contribution in [3.8, 4) is 5.75 Å². The number of nitrogens with one attached hydrogen (secondary N) is 1. The molecule has 2 atom stereocenters. The van der Waals surface area contributed by atoms with Crippen LogP contribution in [0.2, 0.25) is 0 Å². The molecular formula is C18H29NO3S. The van der Waals surface area contributed by atoms with E-state index < -0.39 is 10.0 Å². The standard InChI is InChI=1S/C18H29NO3S/c1-4-23(20,21)19-18-11-6-5-8-16(18)13-22-17-10-7-9-15(12-17)14(2)3/h7,9-10,12,14,16,18-19H,4-6,8,11,13H2,1-3H3/t16-,18+/m1/s1. The lowest BCUT2D eigenvalue weighted by Crippen LogP contribution is -2.44. The van der Waals surface area contributed by atoms with Gasteiger partial charge in [0.15, 0.2) is 0 Å². The summed E-state index contributed by atoms with van der Waals surface area (Å²) in [7, 11) is -3.16. The molecule has 1 aliphatic carbocycles. The van der Waals surface area contributed by atoms with E-state index in [1.54, 1.807) is 6.92 Å². The van der Waals surface area contributed by atoms with Crippen molar-refractivity contribution in [1.29, 1.82) is 0 Å². The van der Waals surface area contributed by atoms with Crippen molar-refractivity contribution in [2.75, 3.05) is 12.4 Å². The Bertz CT molecular complexity index is 598. The minimum Gasteiger partial charge on any atom is -0.493 e. The van der Waals surface area contributed by atoms with Crippen LogP contribution in [0, 0.1) is 5.92 Å². The summed E-state index contributed by atoms with van der Waals surface area (Å²) in [4.78, 5) is 0. The summed E-state index contributed by atoms with van der Waals surface area (Å²) in [6.07, 6.45) is 4.14. The van der Waals surface area contributed by atoms with Crippen molar-refractivity contribution in [3.05, 3.63) is 29.8 Å². The predicted octanol–water partition coefficient (Wildman–Crippen LogP) is 3.69. The van der Waals surface area contributed by atoms with Gasteiger partial charge >= 0.3 is 0 Å². The highest BCUT2D eigenvalue weighted by atomic mass is 32.2. The summed E-state index contributed by atoms with van der Waals surface area (Å²) in [5, 5.41) is 0. The van der Waals surface area contributed by atoms with Crippen molar-refractivity contribution in [2.45, 2.75) is 58.4 Å². The van der Waals surface area contributed by atoms with E-state index in [2.05, 4.69) is 30.7 Å². The van der Waals surface area contributed by atoms with Crippen LogP contribution < -0.4 is 9.46 Å². The monoisotopic (exact) mass is 339 g/mol. The van der Waals surface area contributed by atoms with Gasteiger partial charge in [0.1, 0.15) is 5.75 Å². The molecule has 130 valence electrons. The van der Waals surface area contributed by atoms with Crippen LogP contribution in [0.3, 0.4) is 0 Å². The van der Waals surface area contributed by atoms with Gasteiger partial charge in [-0.1, -0.05) is 38.8 Å². The van der Waals surface area contributed by atoms with Gasteiger partial charge in [0.2, 0.25) is 10.0 Å². The lowest BCUT2D eigenvalue weighted by atomic mass is 9.86. The van der Waals surface area contributed by atoms with Crippen LogP contribution in [0.15, 0.2) is 24.3 Å². The summed E-state index contributed by atoms with van der Waals surface area (Å²) in [5.41, 5.74) is 1.26.